The first-order valence-corrected chi connectivity index (χ1v) is 6.87. The number of benzene rings is 1. The summed E-state index contributed by atoms with van der Waals surface area (Å²) >= 11 is 0. The molecule has 102 valence electrons. The van der Waals surface area contributed by atoms with Gasteiger partial charge < -0.3 is 4.74 Å². The van der Waals surface area contributed by atoms with Gasteiger partial charge >= 0.3 is 0 Å². The van der Waals surface area contributed by atoms with Crippen molar-refractivity contribution in [2.45, 2.75) is 26.1 Å². The van der Waals surface area contributed by atoms with Gasteiger partial charge in [0.05, 0.1) is 29.7 Å². The van der Waals surface area contributed by atoms with Crippen molar-refractivity contribution < 1.29 is 14.3 Å². The predicted molar refractivity (Wildman–Crippen MR) is 73.2 cm³/mol. The van der Waals surface area contributed by atoms with Crippen molar-refractivity contribution in [1.29, 1.82) is 0 Å². The smallest absolute Gasteiger partial charge is 0.240 e. The van der Waals surface area contributed by atoms with Gasteiger partial charge in [-0.05, 0) is 31.0 Å². The first-order valence-electron chi connectivity index (χ1n) is 6.87. The molecule has 4 heteroatoms. The van der Waals surface area contributed by atoms with Crippen LogP contribution in [-0.2, 0) is 14.3 Å². The van der Waals surface area contributed by atoms with E-state index < -0.39 is 0 Å². The van der Waals surface area contributed by atoms with Crippen LogP contribution < -0.4 is 4.90 Å². The average Bonchev–Trinajstić information content (AvgIpc) is 3.08. The second kappa shape index (κ2) is 3.79. The Morgan fingerprint density at radius 3 is 2.20 bits per heavy atom. The number of aryl methyl sites for hydroxylation is 2. The Balaban J connectivity index is 1.80. The van der Waals surface area contributed by atoms with Crippen LogP contribution in [0.1, 0.15) is 11.1 Å². The van der Waals surface area contributed by atoms with Gasteiger partial charge in [0.2, 0.25) is 11.8 Å². The highest BCUT2D eigenvalue weighted by Gasteiger charge is 2.61. The Bertz CT molecular complexity index is 634. The van der Waals surface area contributed by atoms with Gasteiger partial charge in [-0.1, -0.05) is 24.3 Å². The molecule has 0 radical (unpaired) electrons. The highest BCUT2D eigenvalue weighted by Crippen LogP contribution is 2.46. The normalized spacial score (nSPS) is 34.2. The summed E-state index contributed by atoms with van der Waals surface area (Å²) in [5.74, 6) is -0.911. The number of carbonyl (C=O) groups is 2. The molecule has 3 aliphatic rings. The van der Waals surface area contributed by atoms with Crippen molar-refractivity contribution in [3.05, 3.63) is 41.5 Å². The monoisotopic (exact) mass is 269 g/mol. The molecule has 4 atom stereocenters. The van der Waals surface area contributed by atoms with Crippen molar-refractivity contribution in [3.63, 3.8) is 0 Å². The Morgan fingerprint density at radius 2 is 1.60 bits per heavy atom. The van der Waals surface area contributed by atoms with Crippen LogP contribution in [0.5, 0.6) is 0 Å². The summed E-state index contributed by atoms with van der Waals surface area (Å²) in [6.07, 6.45) is 3.36. The molecule has 2 saturated heterocycles. The Kier molecular flexibility index (Phi) is 2.25. The molecule has 0 unspecified atom stereocenters. The van der Waals surface area contributed by atoms with E-state index in [1.165, 1.54) is 4.90 Å². The van der Waals surface area contributed by atoms with Crippen LogP contribution in [0.3, 0.4) is 0 Å². The van der Waals surface area contributed by atoms with Crippen molar-refractivity contribution in [1.82, 2.24) is 0 Å². The molecule has 0 spiro atoms. The lowest BCUT2D eigenvalue weighted by Crippen LogP contribution is -2.34. The molecule has 2 fully saturated rings. The standard InChI is InChI=1S/C16H15NO3/c1-8-3-4-9(2)10(7-8)17-15(18)13-11-5-6-12(20-11)14(13)16(17)19/h3-7,11-14H,1-2H3/t11-,12-,13+,14+/m1/s1. The van der Waals surface area contributed by atoms with Crippen LogP contribution in [-0.4, -0.2) is 24.0 Å². The summed E-state index contributed by atoms with van der Waals surface area (Å²) in [6, 6.07) is 5.84. The molecule has 2 bridgehead atoms. The van der Waals surface area contributed by atoms with Gasteiger partial charge in [0.1, 0.15) is 0 Å². The lowest BCUT2D eigenvalue weighted by molar-refractivity contribution is -0.124. The van der Waals surface area contributed by atoms with E-state index in [2.05, 4.69) is 0 Å². The zero-order chi connectivity index (χ0) is 14.0. The minimum atomic E-state index is -0.336. The molecule has 0 saturated carbocycles. The molecule has 20 heavy (non-hydrogen) atoms. The second-order valence-corrected chi connectivity index (χ2v) is 5.80. The maximum Gasteiger partial charge on any atom is 0.240 e. The fraction of sp³-hybridized carbons (Fsp3) is 0.375. The van der Waals surface area contributed by atoms with Crippen LogP contribution in [0.25, 0.3) is 0 Å². The van der Waals surface area contributed by atoms with Crippen molar-refractivity contribution in [2.75, 3.05) is 4.90 Å². The lowest BCUT2D eigenvalue weighted by atomic mass is 9.85. The summed E-state index contributed by atoms with van der Waals surface area (Å²) in [5.41, 5.74) is 2.70. The second-order valence-electron chi connectivity index (χ2n) is 5.80. The number of hydrogen-bond acceptors (Lipinski definition) is 3. The molecule has 0 N–H and O–H groups in total. The number of anilines is 1. The largest absolute Gasteiger partial charge is 0.365 e. The van der Waals surface area contributed by atoms with E-state index in [1.807, 2.05) is 44.2 Å². The quantitative estimate of drug-likeness (QED) is 0.576. The van der Waals surface area contributed by atoms with Crippen LogP contribution >= 0.6 is 0 Å². The number of imide groups is 1. The maximum absolute atomic E-state index is 12.6. The van der Waals surface area contributed by atoms with Crippen LogP contribution in [0.2, 0.25) is 0 Å². The molecule has 2 amide bonds. The number of hydrogen-bond donors (Lipinski definition) is 0. The molecular formula is C16H15NO3. The van der Waals surface area contributed by atoms with Gasteiger partial charge in [-0.2, -0.15) is 0 Å². The third kappa shape index (κ3) is 1.34. The minimum Gasteiger partial charge on any atom is -0.365 e. The first-order chi connectivity index (χ1) is 9.58. The van der Waals surface area contributed by atoms with Gasteiger partial charge in [-0.15, -0.1) is 0 Å². The Hall–Kier alpha value is -1.94. The Morgan fingerprint density at radius 1 is 1.00 bits per heavy atom. The third-order valence-electron chi connectivity index (χ3n) is 4.52. The number of fused-ring (bicyclic) bond motifs is 5. The number of ether oxygens (including phenoxy) is 1. The van der Waals surface area contributed by atoms with E-state index in [0.29, 0.717) is 5.69 Å². The Labute approximate surface area is 117 Å². The first kappa shape index (κ1) is 11.9. The van der Waals surface area contributed by atoms with Gasteiger partial charge in [0, 0.05) is 0 Å². The van der Waals surface area contributed by atoms with Gasteiger partial charge in [0.25, 0.3) is 0 Å². The molecular weight excluding hydrogens is 254 g/mol. The molecule has 0 aliphatic carbocycles. The molecule has 1 aromatic carbocycles. The zero-order valence-corrected chi connectivity index (χ0v) is 11.4. The van der Waals surface area contributed by atoms with Gasteiger partial charge in [-0.3, -0.25) is 9.59 Å². The van der Waals surface area contributed by atoms with E-state index in [1.54, 1.807) is 0 Å². The average molecular weight is 269 g/mol. The number of carbonyl (C=O) groups excluding carboxylic acids is 2. The molecule has 3 heterocycles. The highest BCUT2D eigenvalue weighted by atomic mass is 16.5. The third-order valence-corrected chi connectivity index (χ3v) is 4.52. The van der Waals surface area contributed by atoms with Gasteiger partial charge in [0.15, 0.2) is 0 Å². The summed E-state index contributed by atoms with van der Waals surface area (Å²) in [6.45, 7) is 3.88. The van der Waals surface area contributed by atoms with E-state index >= 15 is 0 Å². The number of nitrogens with zero attached hydrogens (tertiary/aromatic N) is 1. The van der Waals surface area contributed by atoms with Crippen molar-refractivity contribution in [3.8, 4) is 0 Å². The summed E-state index contributed by atoms with van der Waals surface area (Å²) in [5, 5.41) is 0. The van der Waals surface area contributed by atoms with E-state index in [4.69, 9.17) is 4.74 Å². The van der Waals surface area contributed by atoms with E-state index in [-0.39, 0.29) is 35.9 Å². The number of amides is 2. The molecule has 0 aromatic heterocycles. The summed E-state index contributed by atoms with van der Waals surface area (Å²) in [7, 11) is 0. The van der Waals surface area contributed by atoms with E-state index in [9.17, 15) is 9.59 Å². The molecule has 3 aliphatic heterocycles. The van der Waals surface area contributed by atoms with Gasteiger partial charge in [-0.25, -0.2) is 4.90 Å². The minimum absolute atomic E-state index is 0.120. The number of rotatable bonds is 1. The predicted octanol–water partition coefficient (Wildman–Crippen LogP) is 1.75. The zero-order valence-electron chi connectivity index (χ0n) is 11.4. The lowest BCUT2D eigenvalue weighted by Gasteiger charge is -2.20. The van der Waals surface area contributed by atoms with Crippen LogP contribution in [0, 0.1) is 25.7 Å². The maximum atomic E-state index is 12.6. The van der Waals surface area contributed by atoms with Crippen LogP contribution in [0.4, 0.5) is 5.69 Å². The SMILES string of the molecule is Cc1ccc(C)c(N2C(=O)[C@@H]3[C@@H](C2=O)[C@H]2C=C[C@H]3O2)c1. The molecule has 4 nitrogen and oxygen atoms in total. The van der Waals surface area contributed by atoms with Crippen molar-refractivity contribution >= 4 is 17.5 Å². The molecule has 1 aromatic rings. The fourth-order valence-electron chi connectivity index (χ4n) is 3.50. The topological polar surface area (TPSA) is 46.6 Å². The summed E-state index contributed by atoms with van der Waals surface area (Å²) < 4.78 is 5.64. The van der Waals surface area contributed by atoms with E-state index in [0.717, 1.165) is 11.1 Å². The highest BCUT2D eigenvalue weighted by molar-refractivity contribution is 6.23. The summed E-state index contributed by atoms with van der Waals surface area (Å²) in [4.78, 5) is 26.7. The molecule has 4 rings (SSSR count). The fourth-order valence-corrected chi connectivity index (χ4v) is 3.50. The van der Waals surface area contributed by atoms with Crippen molar-refractivity contribution in [2.24, 2.45) is 11.8 Å². The van der Waals surface area contributed by atoms with Crippen LogP contribution in [0.15, 0.2) is 30.4 Å².